The molecule has 224 valence electrons. The van der Waals surface area contributed by atoms with Crippen LogP contribution in [-0.4, -0.2) is 90.0 Å². The average molecular weight is 588 g/mol. The largest absolute Gasteiger partial charge is 0.395 e. The summed E-state index contributed by atoms with van der Waals surface area (Å²) < 4.78 is 30.5. The highest BCUT2D eigenvalue weighted by Gasteiger charge is 2.31. The second-order valence-electron chi connectivity index (χ2n) is 11.6. The third kappa shape index (κ3) is 5.34. The molecular formula is C31H35F2N9O. The Morgan fingerprint density at radius 3 is 2.44 bits per heavy atom. The molecule has 1 aliphatic heterocycles. The van der Waals surface area contributed by atoms with E-state index in [1.165, 1.54) is 24.5 Å². The van der Waals surface area contributed by atoms with Gasteiger partial charge in [0.25, 0.3) is 0 Å². The van der Waals surface area contributed by atoms with Gasteiger partial charge in [-0.15, -0.1) is 0 Å². The van der Waals surface area contributed by atoms with Crippen molar-refractivity contribution < 1.29 is 13.9 Å². The summed E-state index contributed by atoms with van der Waals surface area (Å²) in [5.41, 5.74) is 10.1. The van der Waals surface area contributed by atoms with Crippen molar-refractivity contribution in [2.75, 3.05) is 45.1 Å². The quantitative estimate of drug-likeness (QED) is 0.262. The number of aromatic nitrogens is 6. The van der Waals surface area contributed by atoms with Gasteiger partial charge in [-0.1, -0.05) is 12.1 Å². The van der Waals surface area contributed by atoms with Crippen molar-refractivity contribution in [3.05, 3.63) is 65.7 Å². The van der Waals surface area contributed by atoms with E-state index in [2.05, 4.69) is 29.7 Å². The number of aliphatic hydroxyl groups is 1. The monoisotopic (exact) mass is 587 g/mol. The number of halogens is 2. The molecule has 0 bridgehead atoms. The molecule has 10 nitrogen and oxygen atoms in total. The van der Waals surface area contributed by atoms with Crippen LogP contribution in [-0.2, 0) is 6.42 Å². The van der Waals surface area contributed by atoms with Gasteiger partial charge in [-0.05, 0) is 49.9 Å². The minimum absolute atomic E-state index is 0.0158. The van der Waals surface area contributed by atoms with Crippen LogP contribution in [0.1, 0.15) is 43.1 Å². The fourth-order valence-corrected chi connectivity index (χ4v) is 6.78. The van der Waals surface area contributed by atoms with Gasteiger partial charge in [0.05, 0.1) is 29.1 Å². The second-order valence-corrected chi connectivity index (χ2v) is 11.6. The standard InChI is InChI=1S/C31H35F2N9O/c32-23-2-1-3-24(33)22(23)17-27-37-25-9-4-19(16-26(25)38-27)29-28-30(34)35-18-36-31(28)42(39-29)21-7-5-20(6-8-21)41-12-10-40(11-13-41)14-15-43/h1-4,9,16,18,20-21,43H,5-8,10-15,17H2,(H,37,38)(H2,34,35,36). The van der Waals surface area contributed by atoms with Crippen LogP contribution >= 0.6 is 0 Å². The zero-order valence-electron chi connectivity index (χ0n) is 23.9. The van der Waals surface area contributed by atoms with Crippen LogP contribution in [0.25, 0.3) is 33.3 Å². The van der Waals surface area contributed by atoms with Crippen molar-refractivity contribution in [3.63, 3.8) is 0 Å². The molecule has 1 saturated carbocycles. The molecular weight excluding hydrogens is 552 g/mol. The molecule has 5 aromatic rings. The summed E-state index contributed by atoms with van der Waals surface area (Å²) in [6.07, 6.45) is 5.68. The Labute approximate surface area is 247 Å². The first-order valence-electron chi connectivity index (χ1n) is 15.0. The predicted octanol–water partition coefficient (Wildman–Crippen LogP) is 3.91. The molecule has 1 aliphatic carbocycles. The van der Waals surface area contributed by atoms with E-state index in [9.17, 15) is 13.9 Å². The highest BCUT2D eigenvalue weighted by Crippen LogP contribution is 2.37. The molecule has 43 heavy (non-hydrogen) atoms. The molecule has 0 spiro atoms. The molecule has 2 aromatic carbocycles. The lowest BCUT2D eigenvalue weighted by Crippen LogP contribution is -2.51. The van der Waals surface area contributed by atoms with Crippen molar-refractivity contribution in [2.45, 2.75) is 44.2 Å². The molecule has 7 rings (SSSR count). The summed E-state index contributed by atoms with van der Waals surface area (Å²) in [6, 6.07) is 10.4. The van der Waals surface area contributed by atoms with Crippen LogP contribution in [0.2, 0.25) is 0 Å². The van der Waals surface area contributed by atoms with Gasteiger partial charge in [-0.2, -0.15) is 5.10 Å². The third-order valence-corrected chi connectivity index (χ3v) is 9.08. The molecule has 4 heterocycles. The van der Waals surface area contributed by atoms with Crippen LogP contribution in [0, 0.1) is 11.6 Å². The number of H-pyrrole nitrogens is 1. The number of aromatic amines is 1. The van der Waals surface area contributed by atoms with E-state index in [1.807, 2.05) is 22.9 Å². The maximum absolute atomic E-state index is 14.2. The van der Waals surface area contributed by atoms with Crippen molar-refractivity contribution in [1.29, 1.82) is 0 Å². The van der Waals surface area contributed by atoms with Gasteiger partial charge in [0.15, 0.2) is 5.65 Å². The number of nitrogen functional groups attached to an aromatic ring is 1. The molecule has 0 amide bonds. The number of hydrogen-bond acceptors (Lipinski definition) is 8. The summed E-state index contributed by atoms with van der Waals surface area (Å²) in [7, 11) is 0. The van der Waals surface area contributed by atoms with Crippen LogP contribution in [0.3, 0.4) is 0 Å². The molecule has 4 N–H and O–H groups in total. The van der Waals surface area contributed by atoms with Gasteiger partial charge in [0.2, 0.25) is 0 Å². The first-order valence-corrected chi connectivity index (χ1v) is 15.0. The lowest BCUT2D eigenvalue weighted by molar-refractivity contribution is 0.0629. The van der Waals surface area contributed by atoms with Gasteiger partial charge in [-0.3, -0.25) is 9.80 Å². The molecule has 2 aliphatic rings. The topological polar surface area (TPSA) is 125 Å². The number of β-amino-alcohol motifs (C(OH)–C–C–N with tert-alkyl or cyclic N) is 1. The normalized spacial score (nSPS) is 20.3. The van der Waals surface area contributed by atoms with Crippen LogP contribution in [0.5, 0.6) is 0 Å². The van der Waals surface area contributed by atoms with Crippen molar-refractivity contribution >= 4 is 27.9 Å². The molecule has 1 saturated heterocycles. The number of nitrogens with two attached hydrogens (primary N) is 1. The van der Waals surface area contributed by atoms with Gasteiger partial charge >= 0.3 is 0 Å². The van der Waals surface area contributed by atoms with Crippen molar-refractivity contribution in [3.8, 4) is 11.3 Å². The first kappa shape index (κ1) is 27.8. The number of anilines is 1. The molecule has 2 fully saturated rings. The third-order valence-electron chi connectivity index (χ3n) is 9.08. The number of fused-ring (bicyclic) bond motifs is 2. The van der Waals surface area contributed by atoms with Gasteiger partial charge in [0, 0.05) is 56.3 Å². The summed E-state index contributed by atoms with van der Waals surface area (Å²) in [5, 5.41) is 15.0. The maximum atomic E-state index is 14.2. The molecule has 0 radical (unpaired) electrons. The van der Waals surface area contributed by atoms with Gasteiger partial charge in [-0.25, -0.2) is 28.4 Å². The average Bonchev–Trinajstić information content (AvgIpc) is 3.61. The lowest BCUT2D eigenvalue weighted by atomic mass is 9.90. The second kappa shape index (κ2) is 11.6. The minimum atomic E-state index is -0.594. The zero-order chi connectivity index (χ0) is 29.5. The smallest absolute Gasteiger partial charge is 0.164 e. The van der Waals surface area contributed by atoms with Gasteiger partial charge in [0.1, 0.15) is 35.3 Å². The minimum Gasteiger partial charge on any atom is -0.395 e. The van der Waals surface area contributed by atoms with Crippen LogP contribution in [0.4, 0.5) is 14.6 Å². The van der Waals surface area contributed by atoms with E-state index in [0.29, 0.717) is 28.9 Å². The number of nitrogens with one attached hydrogen (secondary N) is 1. The predicted molar refractivity (Wildman–Crippen MR) is 160 cm³/mol. The summed E-state index contributed by atoms with van der Waals surface area (Å²) in [6.45, 7) is 5.06. The van der Waals surface area contributed by atoms with E-state index < -0.39 is 11.6 Å². The Balaban J connectivity index is 1.14. The molecule has 3 aromatic heterocycles. The summed E-state index contributed by atoms with van der Waals surface area (Å²) in [4.78, 5) is 21.6. The number of piperazine rings is 1. The highest BCUT2D eigenvalue weighted by atomic mass is 19.1. The van der Waals surface area contributed by atoms with E-state index in [-0.39, 0.29) is 24.6 Å². The van der Waals surface area contributed by atoms with E-state index in [4.69, 9.17) is 10.8 Å². The van der Waals surface area contributed by atoms with Crippen molar-refractivity contribution in [1.82, 2.24) is 39.5 Å². The van der Waals surface area contributed by atoms with E-state index in [1.54, 1.807) is 0 Å². The van der Waals surface area contributed by atoms with Gasteiger partial charge < -0.3 is 15.8 Å². The number of nitrogens with zero attached hydrogens (tertiary/aromatic N) is 7. The zero-order valence-corrected chi connectivity index (χ0v) is 23.9. The molecule has 12 heteroatoms. The fourth-order valence-electron chi connectivity index (χ4n) is 6.78. The maximum Gasteiger partial charge on any atom is 0.164 e. The first-order chi connectivity index (χ1) is 21.0. The number of aliphatic hydroxyl groups excluding tert-OH is 1. The Kier molecular flexibility index (Phi) is 7.50. The Morgan fingerprint density at radius 2 is 1.70 bits per heavy atom. The Morgan fingerprint density at radius 1 is 0.953 bits per heavy atom. The highest BCUT2D eigenvalue weighted by molar-refractivity contribution is 5.99. The molecule has 0 atom stereocenters. The van der Waals surface area contributed by atoms with E-state index >= 15 is 0 Å². The lowest BCUT2D eigenvalue weighted by Gasteiger charge is -2.41. The van der Waals surface area contributed by atoms with Crippen LogP contribution < -0.4 is 5.73 Å². The summed E-state index contributed by atoms with van der Waals surface area (Å²) >= 11 is 0. The Bertz CT molecular complexity index is 1730. The van der Waals surface area contributed by atoms with Crippen LogP contribution in [0.15, 0.2) is 42.7 Å². The number of hydrogen-bond donors (Lipinski definition) is 3. The number of rotatable bonds is 7. The molecule has 0 unspecified atom stereocenters. The van der Waals surface area contributed by atoms with Crippen molar-refractivity contribution in [2.24, 2.45) is 0 Å². The fraction of sp³-hybridized carbons (Fsp3) is 0.419. The number of benzene rings is 2. The van der Waals surface area contributed by atoms with E-state index in [0.717, 1.165) is 80.5 Å². The number of imidazole rings is 1. The SMILES string of the molecule is Nc1ncnc2c1c(-c1ccc3nc(Cc4c(F)cccc4F)[nH]c3c1)nn2C1CCC(N2CCN(CCO)CC2)CC1. The Hall–Kier alpha value is -4.00. The summed E-state index contributed by atoms with van der Waals surface area (Å²) in [5.74, 6) is -0.339.